The van der Waals surface area contributed by atoms with Gasteiger partial charge in [-0.25, -0.2) is 19.7 Å². The molecule has 0 aliphatic carbocycles. The minimum absolute atomic E-state index is 0.0760. The quantitative estimate of drug-likeness (QED) is 0.245. The van der Waals surface area contributed by atoms with E-state index in [1.807, 2.05) is 30.3 Å². The number of aromatic nitrogens is 6. The molecule has 4 N–H and O–H groups in total. The van der Waals surface area contributed by atoms with Crippen molar-refractivity contribution in [1.82, 2.24) is 39.3 Å². The fourth-order valence-corrected chi connectivity index (χ4v) is 4.31. The fraction of sp³-hybridized carbons (Fsp3) is 0.357. The summed E-state index contributed by atoms with van der Waals surface area (Å²) in [6.07, 6.45) is 0. The SMILES string of the molecule is Cc1c(C(=O)NCc2nc(C(=O)NCc3nc(C(=O)OCc4ccccc4)c(C)n3C)c(C)n2C)nc(CN)n1C. The van der Waals surface area contributed by atoms with Crippen LogP contribution in [-0.4, -0.2) is 46.4 Å². The lowest BCUT2D eigenvalue weighted by molar-refractivity contribution is 0.0465. The first-order valence-corrected chi connectivity index (χ1v) is 13.1. The second-order valence-corrected chi connectivity index (χ2v) is 9.69. The molecule has 0 spiro atoms. The lowest BCUT2D eigenvalue weighted by Gasteiger charge is -2.06. The first-order chi connectivity index (χ1) is 19.5. The smallest absolute Gasteiger partial charge is 0.359 e. The highest BCUT2D eigenvalue weighted by atomic mass is 16.5. The molecule has 0 fully saturated rings. The third-order valence-electron chi connectivity index (χ3n) is 7.25. The summed E-state index contributed by atoms with van der Waals surface area (Å²) < 4.78 is 10.7. The Morgan fingerprint density at radius 3 is 1.66 bits per heavy atom. The number of rotatable bonds is 10. The normalized spacial score (nSPS) is 11.0. The summed E-state index contributed by atoms with van der Waals surface area (Å²) in [6.45, 7) is 5.88. The van der Waals surface area contributed by atoms with Gasteiger partial charge in [0, 0.05) is 38.2 Å². The number of carbonyl (C=O) groups excluding carboxylic acids is 3. The largest absolute Gasteiger partial charge is 0.456 e. The van der Waals surface area contributed by atoms with Gasteiger partial charge in [-0.2, -0.15) is 0 Å². The molecule has 216 valence electrons. The molecule has 0 unspecified atom stereocenters. The van der Waals surface area contributed by atoms with Crippen molar-refractivity contribution in [3.05, 3.63) is 87.5 Å². The molecular weight excluding hydrogens is 526 g/mol. The molecule has 0 bridgehead atoms. The molecule has 0 atom stereocenters. The molecule has 41 heavy (non-hydrogen) atoms. The number of ether oxygens (including phenoxy) is 1. The predicted molar refractivity (Wildman–Crippen MR) is 150 cm³/mol. The lowest BCUT2D eigenvalue weighted by Crippen LogP contribution is -2.26. The maximum absolute atomic E-state index is 13.1. The van der Waals surface area contributed by atoms with Crippen molar-refractivity contribution in [2.45, 2.75) is 47.0 Å². The minimum Gasteiger partial charge on any atom is -0.456 e. The highest BCUT2D eigenvalue weighted by Gasteiger charge is 2.23. The van der Waals surface area contributed by atoms with E-state index in [2.05, 4.69) is 25.6 Å². The zero-order chi connectivity index (χ0) is 29.8. The minimum atomic E-state index is -0.535. The van der Waals surface area contributed by atoms with Crippen molar-refractivity contribution in [1.29, 1.82) is 0 Å². The molecule has 13 nitrogen and oxygen atoms in total. The van der Waals surface area contributed by atoms with Crippen molar-refractivity contribution in [3.8, 4) is 0 Å². The van der Waals surface area contributed by atoms with E-state index in [1.54, 1.807) is 55.6 Å². The molecule has 0 aliphatic rings. The molecule has 0 aliphatic heterocycles. The highest BCUT2D eigenvalue weighted by molar-refractivity contribution is 5.94. The second-order valence-electron chi connectivity index (χ2n) is 9.69. The average Bonchev–Trinajstić information content (AvgIpc) is 3.55. The van der Waals surface area contributed by atoms with E-state index in [0.717, 1.165) is 5.56 Å². The monoisotopic (exact) mass is 561 g/mol. The summed E-state index contributed by atoms with van der Waals surface area (Å²) in [5.41, 5.74) is 9.25. The number of imidazole rings is 3. The number of hydrogen-bond donors (Lipinski definition) is 3. The van der Waals surface area contributed by atoms with Gasteiger partial charge in [-0.1, -0.05) is 30.3 Å². The predicted octanol–water partition coefficient (Wildman–Crippen LogP) is 1.49. The number of esters is 1. The Morgan fingerprint density at radius 2 is 1.17 bits per heavy atom. The molecule has 3 heterocycles. The van der Waals surface area contributed by atoms with Gasteiger partial charge in [-0.15, -0.1) is 0 Å². The Kier molecular flexibility index (Phi) is 8.67. The standard InChI is InChI=1S/C28H35N9O4/c1-16-23(32-20(12-29)35(16)4)26(38)30-13-21-33-24(17(2)36(21)5)27(39)31-14-22-34-25(18(3)37(22)6)28(40)41-15-19-10-8-7-9-11-19/h7-11H,12-15,29H2,1-6H3,(H,30,38)(H,31,39). The fourth-order valence-electron chi connectivity index (χ4n) is 4.31. The zero-order valence-corrected chi connectivity index (χ0v) is 24.1. The van der Waals surface area contributed by atoms with Gasteiger partial charge >= 0.3 is 5.97 Å². The van der Waals surface area contributed by atoms with Crippen LogP contribution in [0.5, 0.6) is 0 Å². The first-order valence-electron chi connectivity index (χ1n) is 13.1. The van der Waals surface area contributed by atoms with Gasteiger partial charge in [-0.05, 0) is 26.3 Å². The summed E-state index contributed by atoms with van der Waals surface area (Å²) in [4.78, 5) is 51.7. The molecule has 4 rings (SSSR count). The van der Waals surface area contributed by atoms with Crippen LogP contribution in [0.3, 0.4) is 0 Å². The van der Waals surface area contributed by atoms with Crippen LogP contribution in [0, 0.1) is 20.8 Å². The van der Waals surface area contributed by atoms with E-state index >= 15 is 0 Å². The van der Waals surface area contributed by atoms with Crippen molar-refractivity contribution in [2.24, 2.45) is 26.9 Å². The number of amides is 2. The van der Waals surface area contributed by atoms with Crippen LogP contribution in [0.1, 0.15) is 71.6 Å². The Hall–Kier alpha value is -4.78. The van der Waals surface area contributed by atoms with Crippen LogP contribution in [0.25, 0.3) is 0 Å². The number of nitrogens with one attached hydrogen (secondary N) is 2. The molecule has 4 aromatic rings. The first kappa shape index (κ1) is 29.2. The Labute approximate surface area is 237 Å². The molecular formula is C28H35N9O4. The Balaban J connectivity index is 1.39. The van der Waals surface area contributed by atoms with Crippen LogP contribution in [0.2, 0.25) is 0 Å². The van der Waals surface area contributed by atoms with E-state index in [9.17, 15) is 14.4 Å². The van der Waals surface area contributed by atoms with Gasteiger partial charge in [-0.3, -0.25) is 9.59 Å². The van der Waals surface area contributed by atoms with Crippen molar-refractivity contribution in [2.75, 3.05) is 0 Å². The van der Waals surface area contributed by atoms with E-state index in [4.69, 9.17) is 10.5 Å². The number of carbonyl (C=O) groups is 3. The third kappa shape index (κ3) is 6.04. The van der Waals surface area contributed by atoms with Gasteiger partial charge in [0.15, 0.2) is 5.69 Å². The molecule has 0 saturated heterocycles. The molecule has 0 radical (unpaired) electrons. The van der Waals surface area contributed by atoms with Crippen LogP contribution in [0.4, 0.5) is 0 Å². The molecule has 1 aromatic carbocycles. The van der Waals surface area contributed by atoms with Crippen molar-refractivity contribution in [3.63, 3.8) is 0 Å². The summed E-state index contributed by atoms with van der Waals surface area (Å²) in [5.74, 6) is 0.312. The molecule has 13 heteroatoms. The van der Waals surface area contributed by atoms with E-state index in [1.165, 1.54) is 0 Å². The van der Waals surface area contributed by atoms with Crippen LogP contribution >= 0.6 is 0 Å². The second kappa shape index (κ2) is 12.2. The van der Waals surface area contributed by atoms with Gasteiger partial charge in [0.05, 0.1) is 19.6 Å². The average molecular weight is 562 g/mol. The Morgan fingerprint density at radius 1 is 0.732 bits per heavy atom. The Bertz CT molecular complexity index is 1600. The lowest BCUT2D eigenvalue weighted by atomic mass is 10.2. The van der Waals surface area contributed by atoms with Crippen molar-refractivity contribution >= 4 is 17.8 Å². The van der Waals surface area contributed by atoms with Crippen LogP contribution < -0.4 is 16.4 Å². The van der Waals surface area contributed by atoms with E-state index < -0.39 is 11.9 Å². The molecule has 3 aromatic heterocycles. The van der Waals surface area contributed by atoms with Crippen LogP contribution in [-0.2, 0) is 52.1 Å². The summed E-state index contributed by atoms with van der Waals surface area (Å²) in [5, 5.41) is 5.65. The number of nitrogens with zero attached hydrogens (tertiary/aromatic N) is 6. The van der Waals surface area contributed by atoms with Gasteiger partial charge < -0.3 is 34.8 Å². The van der Waals surface area contributed by atoms with Crippen LogP contribution in [0.15, 0.2) is 30.3 Å². The number of nitrogens with two attached hydrogens (primary N) is 1. The summed E-state index contributed by atoms with van der Waals surface area (Å²) in [7, 11) is 5.35. The van der Waals surface area contributed by atoms with E-state index in [-0.39, 0.29) is 43.5 Å². The van der Waals surface area contributed by atoms with Gasteiger partial charge in [0.2, 0.25) is 0 Å². The van der Waals surface area contributed by atoms with Gasteiger partial charge in [0.1, 0.15) is 35.5 Å². The summed E-state index contributed by atoms with van der Waals surface area (Å²) in [6, 6.07) is 9.39. The zero-order valence-electron chi connectivity index (χ0n) is 24.1. The maximum atomic E-state index is 13.1. The maximum Gasteiger partial charge on any atom is 0.359 e. The van der Waals surface area contributed by atoms with Gasteiger partial charge in [0.25, 0.3) is 11.8 Å². The number of benzene rings is 1. The summed E-state index contributed by atoms with van der Waals surface area (Å²) >= 11 is 0. The highest BCUT2D eigenvalue weighted by Crippen LogP contribution is 2.14. The molecule has 0 saturated carbocycles. The number of hydrogen-bond acceptors (Lipinski definition) is 8. The van der Waals surface area contributed by atoms with Crippen molar-refractivity contribution < 1.29 is 19.1 Å². The molecule has 2 amide bonds. The third-order valence-corrected chi connectivity index (χ3v) is 7.25. The van der Waals surface area contributed by atoms with E-state index in [0.29, 0.717) is 40.2 Å². The topological polar surface area (TPSA) is 164 Å².